The molecule has 1 aromatic carbocycles. The molecular weight excluding hydrogens is 301 g/mol. The number of benzene rings is 1. The molecule has 0 fully saturated rings. The summed E-state index contributed by atoms with van der Waals surface area (Å²) in [5, 5.41) is 3.85. The number of thiazole rings is 1. The Morgan fingerprint density at radius 1 is 1.45 bits per heavy atom. The molecule has 1 atom stereocenters. The van der Waals surface area contributed by atoms with Gasteiger partial charge in [0.05, 0.1) is 17.2 Å². The molecule has 0 radical (unpaired) electrons. The lowest BCUT2D eigenvalue weighted by Gasteiger charge is -2.25. The van der Waals surface area contributed by atoms with Gasteiger partial charge in [-0.05, 0) is 38.2 Å². The average Bonchev–Trinajstić information content (AvgIpc) is 2.96. The van der Waals surface area contributed by atoms with Crippen LogP contribution in [0.15, 0.2) is 30.5 Å². The lowest BCUT2D eigenvalue weighted by atomic mass is 10.1. The van der Waals surface area contributed by atoms with Crippen molar-refractivity contribution in [3.05, 3.63) is 51.7 Å². The number of aromatic nitrogens is 1. The molecule has 1 unspecified atom stereocenters. The van der Waals surface area contributed by atoms with Crippen LogP contribution in [0.2, 0.25) is 0 Å². The molecule has 6 heteroatoms. The fraction of sp³-hybridized carbons (Fsp3) is 0.375. The first-order valence-electron chi connectivity index (χ1n) is 7.16. The van der Waals surface area contributed by atoms with Crippen molar-refractivity contribution in [1.29, 1.82) is 0 Å². The van der Waals surface area contributed by atoms with Gasteiger partial charge < -0.3 is 10.2 Å². The highest BCUT2D eigenvalue weighted by atomic mass is 32.1. The van der Waals surface area contributed by atoms with Crippen molar-refractivity contribution in [2.75, 3.05) is 20.6 Å². The van der Waals surface area contributed by atoms with Crippen molar-refractivity contribution in [3.8, 4) is 0 Å². The van der Waals surface area contributed by atoms with Crippen LogP contribution in [0.1, 0.15) is 33.2 Å². The monoisotopic (exact) mass is 321 g/mol. The number of nitrogens with one attached hydrogen (secondary N) is 1. The Morgan fingerprint density at radius 2 is 2.23 bits per heavy atom. The number of rotatable bonds is 6. The van der Waals surface area contributed by atoms with Crippen LogP contribution in [0.3, 0.4) is 0 Å². The lowest BCUT2D eigenvalue weighted by molar-refractivity contribution is 0.0946. The Bertz CT molecular complexity index is 642. The molecule has 1 heterocycles. The molecule has 0 saturated carbocycles. The Kier molecular flexibility index (Phi) is 5.63. The van der Waals surface area contributed by atoms with Crippen molar-refractivity contribution >= 4 is 17.2 Å². The number of hydrogen-bond acceptors (Lipinski definition) is 4. The smallest absolute Gasteiger partial charge is 0.263 e. The van der Waals surface area contributed by atoms with Crippen molar-refractivity contribution < 1.29 is 9.18 Å². The predicted molar refractivity (Wildman–Crippen MR) is 86.7 cm³/mol. The summed E-state index contributed by atoms with van der Waals surface area (Å²) in [6.45, 7) is 2.42. The van der Waals surface area contributed by atoms with Crippen molar-refractivity contribution in [2.24, 2.45) is 0 Å². The molecule has 0 saturated heterocycles. The maximum atomic E-state index is 13.4. The third-order valence-corrected chi connectivity index (χ3v) is 4.53. The number of aryl methyl sites for hydroxylation is 1. The van der Waals surface area contributed by atoms with Gasteiger partial charge in [0.1, 0.15) is 10.7 Å². The summed E-state index contributed by atoms with van der Waals surface area (Å²) in [6.07, 6.45) is 2.42. The lowest BCUT2D eigenvalue weighted by Crippen LogP contribution is -2.34. The fourth-order valence-corrected chi connectivity index (χ4v) is 2.94. The van der Waals surface area contributed by atoms with E-state index in [-0.39, 0.29) is 17.8 Å². The van der Waals surface area contributed by atoms with E-state index in [1.165, 1.54) is 23.5 Å². The van der Waals surface area contributed by atoms with Gasteiger partial charge in [0.2, 0.25) is 0 Å². The van der Waals surface area contributed by atoms with Crippen LogP contribution in [-0.4, -0.2) is 36.4 Å². The Hall–Kier alpha value is -1.79. The van der Waals surface area contributed by atoms with E-state index in [9.17, 15) is 9.18 Å². The molecule has 1 amide bonds. The highest BCUT2D eigenvalue weighted by molar-refractivity contribution is 7.13. The minimum absolute atomic E-state index is 0.0850. The van der Waals surface area contributed by atoms with Crippen LogP contribution in [0, 0.1) is 5.82 Å². The normalized spacial score (nSPS) is 12.4. The maximum Gasteiger partial charge on any atom is 0.263 e. The standard InChI is InChI=1S/C16H20FN3OS/c1-4-15-18-10-14(22-15)16(21)19-9-13(20(2)3)11-6-5-7-12(17)8-11/h5-8,10,13H,4,9H2,1-3H3,(H,19,21). The third kappa shape index (κ3) is 4.11. The molecule has 118 valence electrons. The number of likely N-dealkylation sites (N-methyl/N-ethyl adjacent to an activating group) is 1. The maximum absolute atomic E-state index is 13.4. The van der Waals surface area contributed by atoms with E-state index in [0.717, 1.165) is 17.0 Å². The summed E-state index contributed by atoms with van der Waals surface area (Å²) in [5.41, 5.74) is 0.837. The van der Waals surface area contributed by atoms with E-state index in [2.05, 4.69) is 10.3 Å². The SMILES string of the molecule is CCc1ncc(C(=O)NCC(c2cccc(F)c2)N(C)C)s1. The number of halogens is 1. The van der Waals surface area contributed by atoms with E-state index in [4.69, 9.17) is 0 Å². The molecule has 22 heavy (non-hydrogen) atoms. The van der Waals surface area contributed by atoms with Crippen LogP contribution >= 0.6 is 11.3 Å². The van der Waals surface area contributed by atoms with Gasteiger partial charge in [-0.3, -0.25) is 4.79 Å². The quantitative estimate of drug-likeness (QED) is 0.890. The van der Waals surface area contributed by atoms with Gasteiger partial charge >= 0.3 is 0 Å². The second-order valence-electron chi connectivity index (χ2n) is 5.22. The topological polar surface area (TPSA) is 45.2 Å². The largest absolute Gasteiger partial charge is 0.349 e. The van der Waals surface area contributed by atoms with Gasteiger partial charge in [0.25, 0.3) is 5.91 Å². The molecule has 1 aromatic heterocycles. The molecule has 0 bridgehead atoms. The Morgan fingerprint density at radius 3 is 2.82 bits per heavy atom. The number of amides is 1. The molecule has 0 aliphatic rings. The van der Waals surface area contributed by atoms with Crippen molar-refractivity contribution in [3.63, 3.8) is 0 Å². The number of carbonyl (C=O) groups is 1. The summed E-state index contributed by atoms with van der Waals surface area (Å²) in [7, 11) is 3.81. The van der Waals surface area contributed by atoms with E-state index in [1.54, 1.807) is 12.3 Å². The van der Waals surface area contributed by atoms with Gasteiger partial charge in [0.15, 0.2) is 0 Å². The van der Waals surface area contributed by atoms with Crippen LogP contribution in [0.4, 0.5) is 4.39 Å². The van der Waals surface area contributed by atoms with Crippen LogP contribution in [-0.2, 0) is 6.42 Å². The van der Waals surface area contributed by atoms with Gasteiger partial charge in [-0.2, -0.15) is 0 Å². The zero-order chi connectivity index (χ0) is 16.1. The molecule has 2 rings (SSSR count). The highest BCUT2D eigenvalue weighted by Crippen LogP contribution is 2.19. The van der Waals surface area contributed by atoms with Crippen molar-refractivity contribution in [2.45, 2.75) is 19.4 Å². The Labute approximate surface area is 134 Å². The summed E-state index contributed by atoms with van der Waals surface area (Å²) >= 11 is 1.40. The summed E-state index contributed by atoms with van der Waals surface area (Å²) in [6, 6.07) is 6.37. The molecule has 0 aliphatic heterocycles. The minimum atomic E-state index is -0.272. The minimum Gasteiger partial charge on any atom is -0.349 e. The zero-order valence-corrected chi connectivity index (χ0v) is 13.8. The first kappa shape index (κ1) is 16.6. The van der Waals surface area contributed by atoms with Gasteiger partial charge in [0, 0.05) is 6.54 Å². The molecule has 0 aliphatic carbocycles. The van der Waals surface area contributed by atoms with Gasteiger partial charge in [-0.1, -0.05) is 19.1 Å². The van der Waals surface area contributed by atoms with Gasteiger partial charge in [-0.25, -0.2) is 9.37 Å². The van der Waals surface area contributed by atoms with E-state index in [1.807, 2.05) is 32.0 Å². The van der Waals surface area contributed by atoms with E-state index in [0.29, 0.717) is 11.4 Å². The molecule has 0 spiro atoms. The first-order chi connectivity index (χ1) is 10.5. The molecular formula is C16H20FN3OS. The average molecular weight is 321 g/mol. The van der Waals surface area contributed by atoms with Crippen LogP contribution in [0.5, 0.6) is 0 Å². The number of nitrogens with zero attached hydrogens (tertiary/aromatic N) is 2. The number of hydrogen-bond donors (Lipinski definition) is 1. The first-order valence-corrected chi connectivity index (χ1v) is 7.97. The zero-order valence-electron chi connectivity index (χ0n) is 13.0. The second kappa shape index (κ2) is 7.47. The van der Waals surface area contributed by atoms with Gasteiger partial charge in [-0.15, -0.1) is 11.3 Å². The molecule has 2 aromatic rings. The summed E-state index contributed by atoms with van der Waals surface area (Å²) < 4.78 is 13.4. The van der Waals surface area contributed by atoms with Crippen LogP contribution < -0.4 is 5.32 Å². The molecule has 4 nitrogen and oxygen atoms in total. The van der Waals surface area contributed by atoms with Crippen LogP contribution in [0.25, 0.3) is 0 Å². The summed E-state index contributed by atoms with van der Waals surface area (Å²) in [4.78, 5) is 18.9. The molecule has 1 N–H and O–H groups in total. The Balaban J connectivity index is 2.04. The summed E-state index contributed by atoms with van der Waals surface area (Å²) in [5.74, 6) is -0.411. The highest BCUT2D eigenvalue weighted by Gasteiger charge is 2.17. The van der Waals surface area contributed by atoms with Crippen molar-refractivity contribution in [1.82, 2.24) is 15.2 Å². The predicted octanol–water partition coefficient (Wildman–Crippen LogP) is 2.88. The second-order valence-corrected chi connectivity index (χ2v) is 6.33. The fourth-order valence-electron chi connectivity index (χ4n) is 2.17. The van der Waals surface area contributed by atoms with E-state index < -0.39 is 0 Å². The van der Waals surface area contributed by atoms with E-state index >= 15 is 0 Å². The third-order valence-electron chi connectivity index (χ3n) is 3.39. The number of carbonyl (C=O) groups excluding carboxylic acids is 1.